The van der Waals surface area contributed by atoms with Crippen molar-refractivity contribution >= 4 is 17.3 Å². The molecule has 3 rings (SSSR count). The number of nitrogens with one attached hydrogen (secondary N) is 2. The van der Waals surface area contributed by atoms with Crippen molar-refractivity contribution in [1.29, 1.82) is 5.26 Å². The Morgan fingerprint density at radius 1 is 1.06 bits per heavy atom. The van der Waals surface area contributed by atoms with E-state index in [1.807, 2.05) is 43.3 Å². The fourth-order valence-corrected chi connectivity index (χ4v) is 3.62. The highest BCUT2D eigenvalue weighted by atomic mass is 16.5. The van der Waals surface area contributed by atoms with Crippen LogP contribution in [0.4, 0.5) is 11.4 Å². The number of ether oxygens (including phenoxy) is 2. The molecule has 0 aliphatic carbocycles. The van der Waals surface area contributed by atoms with Crippen LogP contribution in [0.2, 0.25) is 0 Å². The summed E-state index contributed by atoms with van der Waals surface area (Å²) in [6.07, 6.45) is 1.43. The van der Waals surface area contributed by atoms with Gasteiger partial charge in [-0.25, -0.2) is 0 Å². The average molecular weight is 450 g/mol. The monoisotopic (exact) mass is 449 g/mol. The zero-order valence-corrected chi connectivity index (χ0v) is 19.6. The van der Waals surface area contributed by atoms with Gasteiger partial charge in [-0.1, -0.05) is 6.07 Å². The summed E-state index contributed by atoms with van der Waals surface area (Å²) in [6, 6.07) is 15.1. The number of hydrogen-bond donors (Lipinski definition) is 2. The lowest BCUT2D eigenvalue weighted by atomic mass is 10.1. The van der Waals surface area contributed by atoms with Gasteiger partial charge in [-0.15, -0.1) is 0 Å². The van der Waals surface area contributed by atoms with Crippen molar-refractivity contribution in [2.24, 2.45) is 0 Å². The zero-order chi connectivity index (χ0) is 23.8. The lowest BCUT2D eigenvalue weighted by Crippen LogP contribution is -2.44. The van der Waals surface area contributed by atoms with Crippen LogP contribution in [0.1, 0.15) is 18.5 Å². The Morgan fingerprint density at radius 3 is 2.33 bits per heavy atom. The highest BCUT2D eigenvalue weighted by Crippen LogP contribution is 2.30. The van der Waals surface area contributed by atoms with Crippen molar-refractivity contribution in [3.05, 3.63) is 59.8 Å². The maximum absolute atomic E-state index is 12.6. The summed E-state index contributed by atoms with van der Waals surface area (Å²) in [5.41, 5.74) is 2.80. The van der Waals surface area contributed by atoms with Crippen LogP contribution in [0.15, 0.2) is 54.2 Å². The number of carbonyl (C=O) groups excluding carboxylic acids is 1. The standard InChI is InChI=1S/C25H31N5O3/c1-18(19-5-10-23(32-3)24(15-19)33-4)28-25(31)20(16-26)17-27-21-6-8-22(9-7-21)30-13-11-29(2)12-14-30/h5-10,15,17-18,27H,11-14H2,1-4H3,(H,28,31)/b20-17-. The van der Waals surface area contributed by atoms with E-state index in [4.69, 9.17) is 9.47 Å². The normalized spacial score (nSPS) is 15.4. The second-order valence-corrected chi connectivity index (χ2v) is 7.96. The molecule has 8 heteroatoms. The third-order valence-electron chi connectivity index (χ3n) is 5.74. The number of piperazine rings is 1. The first-order valence-corrected chi connectivity index (χ1v) is 10.9. The molecule has 1 heterocycles. The zero-order valence-electron chi connectivity index (χ0n) is 19.6. The van der Waals surface area contributed by atoms with Gasteiger partial charge in [0.05, 0.1) is 20.3 Å². The van der Waals surface area contributed by atoms with Gasteiger partial charge in [0.15, 0.2) is 11.5 Å². The van der Waals surface area contributed by atoms with Gasteiger partial charge in [-0.2, -0.15) is 5.26 Å². The molecule has 1 saturated heterocycles. The molecule has 33 heavy (non-hydrogen) atoms. The van der Waals surface area contributed by atoms with Crippen LogP contribution in [-0.4, -0.2) is 58.3 Å². The van der Waals surface area contributed by atoms with E-state index < -0.39 is 5.91 Å². The predicted octanol–water partition coefficient (Wildman–Crippen LogP) is 3.15. The van der Waals surface area contributed by atoms with Crippen molar-refractivity contribution in [1.82, 2.24) is 10.2 Å². The van der Waals surface area contributed by atoms with Crippen LogP contribution in [0.5, 0.6) is 11.5 Å². The molecule has 0 bridgehead atoms. The van der Waals surface area contributed by atoms with E-state index >= 15 is 0 Å². The maximum atomic E-state index is 12.6. The second kappa shape index (κ2) is 11.2. The molecule has 0 radical (unpaired) electrons. The summed E-state index contributed by atoms with van der Waals surface area (Å²) in [5, 5.41) is 15.4. The Labute approximate surface area is 195 Å². The molecule has 1 aliphatic heterocycles. The van der Waals surface area contributed by atoms with Crippen molar-refractivity contribution in [2.75, 3.05) is 57.7 Å². The molecule has 2 aromatic carbocycles. The van der Waals surface area contributed by atoms with Gasteiger partial charge in [-0.05, 0) is 55.9 Å². The third kappa shape index (κ3) is 6.18. The van der Waals surface area contributed by atoms with Crippen LogP contribution in [-0.2, 0) is 4.79 Å². The van der Waals surface area contributed by atoms with Crippen molar-refractivity contribution in [3.63, 3.8) is 0 Å². The first kappa shape index (κ1) is 24.0. The molecule has 1 amide bonds. The number of carbonyl (C=O) groups is 1. The largest absolute Gasteiger partial charge is 0.493 e. The summed E-state index contributed by atoms with van der Waals surface area (Å²) < 4.78 is 10.6. The number of benzene rings is 2. The summed E-state index contributed by atoms with van der Waals surface area (Å²) in [4.78, 5) is 17.3. The summed E-state index contributed by atoms with van der Waals surface area (Å²) in [7, 11) is 5.26. The van der Waals surface area contributed by atoms with Gasteiger partial charge in [-0.3, -0.25) is 4.79 Å². The molecule has 1 atom stereocenters. The molecular weight excluding hydrogens is 418 g/mol. The number of nitrogens with zero attached hydrogens (tertiary/aromatic N) is 3. The SMILES string of the molecule is COc1ccc(C(C)NC(=O)/C(C#N)=C\Nc2ccc(N3CCN(C)CC3)cc2)cc1OC. The van der Waals surface area contributed by atoms with Crippen LogP contribution >= 0.6 is 0 Å². The van der Waals surface area contributed by atoms with Crippen LogP contribution in [0.25, 0.3) is 0 Å². The van der Waals surface area contributed by atoms with Crippen molar-refractivity contribution in [3.8, 4) is 17.6 Å². The molecule has 174 valence electrons. The van der Waals surface area contributed by atoms with E-state index in [0.717, 1.165) is 37.4 Å². The Morgan fingerprint density at radius 2 is 1.73 bits per heavy atom. The minimum absolute atomic E-state index is 0.00882. The Balaban J connectivity index is 1.61. The quantitative estimate of drug-likeness (QED) is 0.473. The van der Waals surface area contributed by atoms with Gasteiger partial charge in [0.25, 0.3) is 5.91 Å². The van der Waals surface area contributed by atoms with Crippen LogP contribution in [0.3, 0.4) is 0 Å². The topological polar surface area (TPSA) is 89.9 Å². The van der Waals surface area contributed by atoms with Crippen LogP contribution in [0, 0.1) is 11.3 Å². The van der Waals surface area contributed by atoms with Gasteiger partial charge in [0.2, 0.25) is 0 Å². The fourth-order valence-electron chi connectivity index (χ4n) is 3.62. The third-order valence-corrected chi connectivity index (χ3v) is 5.74. The minimum Gasteiger partial charge on any atom is -0.493 e. The summed E-state index contributed by atoms with van der Waals surface area (Å²) >= 11 is 0. The smallest absolute Gasteiger partial charge is 0.263 e. The number of likely N-dealkylation sites (N-methyl/N-ethyl adjacent to an activating group) is 1. The molecule has 0 aromatic heterocycles. The number of nitriles is 1. The minimum atomic E-state index is -0.457. The maximum Gasteiger partial charge on any atom is 0.263 e. The van der Waals surface area contributed by atoms with E-state index in [1.165, 1.54) is 11.9 Å². The number of rotatable bonds is 8. The van der Waals surface area contributed by atoms with E-state index in [1.54, 1.807) is 26.4 Å². The molecule has 1 aliphatic rings. The number of amides is 1. The number of methoxy groups -OCH3 is 2. The highest BCUT2D eigenvalue weighted by molar-refractivity contribution is 5.97. The lowest BCUT2D eigenvalue weighted by molar-refractivity contribution is -0.117. The molecule has 2 aromatic rings. The summed E-state index contributed by atoms with van der Waals surface area (Å²) in [6.45, 7) is 5.94. The Kier molecular flexibility index (Phi) is 8.17. The molecule has 1 unspecified atom stereocenters. The Hall–Kier alpha value is -3.70. The van der Waals surface area contributed by atoms with Crippen molar-refractivity contribution < 1.29 is 14.3 Å². The van der Waals surface area contributed by atoms with E-state index in [2.05, 4.69) is 27.5 Å². The molecule has 0 saturated carbocycles. The van der Waals surface area contributed by atoms with Crippen LogP contribution < -0.4 is 25.0 Å². The number of anilines is 2. The molecule has 1 fully saturated rings. The Bertz CT molecular complexity index is 1020. The molecule has 0 spiro atoms. The first-order chi connectivity index (χ1) is 15.9. The first-order valence-electron chi connectivity index (χ1n) is 10.9. The van der Waals surface area contributed by atoms with Gasteiger partial charge in [0.1, 0.15) is 11.6 Å². The number of hydrogen-bond acceptors (Lipinski definition) is 7. The summed E-state index contributed by atoms with van der Waals surface area (Å²) in [5.74, 6) is 0.732. The predicted molar refractivity (Wildman–Crippen MR) is 130 cm³/mol. The van der Waals surface area contributed by atoms with E-state index in [0.29, 0.717) is 11.5 Å². The molecule has 8 nitrogen and oxygen atoms in total. The fraction of sp³-hybridized carbons (Fsp3) is 0.360. The molecule has 2 N–H and O–H groups in total. The highest BCUT2D eigenvalue weighted by Gasteiger charge is 2.16. The molecular formula is C25H31N5O3. The average Bonchev–Trinajstić information content (AvgIpc) is 2.84. The lowest BCUT2D eigenvalue weighted by Gasteiger charge is -2.34. The van der Waals surface area contributed by atoms with E-state index in [-0.39, 0.29) is 11.6 Å². The van der Waals surface area contributed by atoms with Crippen molar-refractivity contribution in [2.45, 2.75) is 13.0 Å². The van der Waals surface area contributed by atoms with Gasteiger partial charge >= 0.3 is 0 Å². The van der Waals surface area contributed by atoms with E-state index in [9.17, 15) is 10.1 Å². The van der Waals surface area contributed by atoms with Gasteiger partial charge < -0.3 is 29.9 Å². The second-order valence-electron chi connectivity index (χ2n) is 7.96. The van der Waals surface area contributed by atoms with Gasteiger partial charge in [0, 0.05) is 43.8 Å².